The van der Waals surface area contributed by atoms with Crippen LogP contribution in [0.1, 0.15) is 20.8 Å². The maximum Gasteiger partial charge on any atom is 0.107 e. The average molecular weight is 169 g/mol. The van der Waals surface area contributed by atoms with Crippen molar-refractivity contribution in [2.75, 3.05) is 13.2 Å². The molecule has 0 aromatic carbocycles. The lowest BCUT2D eigenvalue weighted by Crippen LogP contribution is -2.20. The Labute approximate surface area is 66.3 Å². The van der Waals surface area contributed by atoms with Gasteiger partial charge in [0.15, 0.2) is 0 Å². The molecule has 0 aliphatic rings. The molecule has 0 heterocycles. The summed E-state index contributed by atoms with van der Waals surface area (Å²) < 4.78 is 4.22. The molecule has 0 aliphatic heterocycles. The SMILES string of the molecule is CC(C)(C)OOCCOCl. The fourth-order valence-electron chi connectivity index (χ4n) is 0.284. The molecule has 0 radical (unpaired) electrons. The van der Waals surface area contributed by atoms with E-state index in [0.717, 1.165) is 0 Å². The first-order valence-electron chi connectivity index (χ1n) is 3.10. The molecule has 0 rings (SSSR count). The van der Waals surface area contributed by atoms with E-state index in [-0.39, 0.29) is 5.60 Å². The third-order valence-electron chi connectivity index (χ3n) is 0.553. The van der Waals surface area contributed by atoms with E-state index in [2.05, 4.69) is 4.29 Å². The average Bonchev–Trinajstić information content (AvgIpc) is 1.78. The van der Waals surface area contributed by atoms with Crippen LogP contribution in [-0.4, -0.2) is 18.8 Å². The Morgan fingerprint density at radius 2 is 1.80 bits per heavy atom. The van der Waals surface area contributed by atoms with Gasteiger partial charge in [-0.3, -0.25) is 4.29 Å². The predicted molar refractivity (Wildman–Crippen MR) is 38.6 cm³/mol. The highest BCUT2D eigenvalue weighted by atomic mass is 35.5. The molecule has 62 valence electrons. The molecule has 0 atom stereocenters. The minimum absolute atomic E-state index is 0.272. The Morgan fingerprint density at radius 3 is 2.20 bits per heavy atom. The molecule has 4 heteroatoms. The van der Waals surface area contributed by atoms with Gasteiger partial charge in [-0.05, 0) is 20.8 Å². The largest absolute Gasteiger partial charge is 0.277 e. The molecular weight excluding hydrogens is 156 g/mol. The van der Waals surface area contributed by atoms with Gasteiger partial charge in [0, 0.05) is 0 Å². The summed E-state index contributed by atoms with van der Waals surface area (Å²) in [4.78, 5) is 9.62. The van der Waals surface area contributed by atoms with Crippen molar-refractivity contribution in [1.29, 1.82) is 0 Å². The van der Waals surface area contributed by atoms with Crippen molar-refractivity contribution in [2.24, 2.45) is 0 Å². The van der Waals surface area contributed by atoms with Gasteiger partial charge in [0.05, 0.1) is 24.1 Å². The van der Waals surface area contributed by atoms with E-state index in [0.29, 0.717) is 13.2 Å². The molecule has 0 amide bonds. The van der Waals surface area contributed by atoms with Crippen LogP contribution in [0.15, 0.2) is 0 Å². The van der Waals surface area contributed by atoms with E-state index in [9.17, 15) is 0 Å². The van der Waals surface area contributed by atoms with Crippen molar-refractivity contribution in [3.8, 4) is 0 Å². The summed E-state index contributed by atoms with van der Waals surface area (Å²) in [6.07, 6.45) is 0. The van der Waals surface area contributed by atoms with Crippen molar-refractivity contribution < 1.29 is 14.1 Å². The Hall–Kier alpha value is 0.170. The van der Waals surface area contributed by atoms with Crippen molar-refractivity contribution in [1.82, 2.24) is 0 Å². The molecule has 0 aromatic rings. The van der Waals surface area contributed by atoms with Crippen LogP contribution in [0.2, 0.25) is 0 Å². The first-order valence-corrected chi connectivity index (χ1v) is 3.41. The second-order valence-electron chi connectivity index (χ2n) is 2.83. The molecule has 0 saturated heterocycles. The van der Waals surface area contributed by atoms with Crippen LogP contribution in [0.3, 0.4) is 0 Å². The zero-order valence-corrected chi connectivity index (χ0v) is 7.27. The Bertz CT molecular complexity index is 79.6. The number of halogens is 1. The molecule has 0 aliphatic carbocycles. The maximum atomic E-state index is 4.92. The Balaban J connectivity index is 3.04. The number of hydrogen-bond acceptors (Lipinski definition) is 3. The highest BCUT2D eigenvalue weighted by Crippen LogP contribution is 2.06. The molecule has 0 unspecified atom stereocenters. The van der Waals surface area contributed by atoms with Gasteiger partial charge in [-0.1, -0.05) is 0 Å². The highest BCUT2D eigenvalue weighted by Gasteiger charge is 2.10. The first-order chi connectivity index (χ1) is 4.56. The summed E-state index contributed by atoms with van der Waals surface area (Å²) in [5, 5.41) is 0. The van der Waals surface area contributed by atoms with Gasteiger partial charge in [-0.25, -0.2) is 9.78 Å². The van der Waals surface area contributed by atoms with Crippen LogP contribution in [0.25, 0.3) is 0 Å². The van der Waals surface area contributed by atoms with E-state index in [1.807, 2.05) is 20.8 Å². The van der Waals surface area contributed by atoms with Crippen molar-refractivity contribution in [3.63, 3.8) is 0 Å². The van der Waals surface area contributed by atoms with Crippen molar-refractivity contribution in [2.45, 2.75) is 26.4 Å². The van der Waals surface area contributed by atoms with Gasteiger partial charge >= 0.3 is 0 Å². The fourth-order valence-corrected chi connectivity index (χ4v) is 0.347. The normalized spacial score (nSPS) is 12.0. The summed E-state index contributed by atoms with van der Waals surface area (Å²) in [7, 11) is 0. The first kappa shape index (κ1) is 10.2. The molecule has 0 N–H and O–H groups in total. The van der Waals surface area contributed by atoms with Gasteiger partial charge in [0.1, 0.15) is 6.61 Å². The van der Waals surface area contributed by atoms with Crippen LogP contribution < -0.4 is 0 Å². The van der Waals surface area contributed by atoms with E-state index in [1.54, 1.807) is 0 Å². The van der Waals surface area contributed by atoms with Crippen LogP contribution in [0.5, 0.6) is 0 Å². The fraction of sp³-hybridized carbons (Fsp3) is 1.00. The topological polar surface area (TPSA) is 27.7 Å². The summed E-state index contributed by atoms with van der Waals surface area (Å²) >= 11 is 4.92. The minimum Gasteiger partial charge on any atom is -0.277 e. The highest BCUT2D eigenvalue weighted by molar-refractivity contribution is 6.07. The Kier molecular flexibility index (Phi) is 4.99. The molecular formula is C6H13ClO3. The lowest BCUT2D eigenvalue weighted by atomic mass is 10.2. The summed E-state index contributed by atoms with van der Waals surface area (Å²) in [6, 6.07) is 0. The summed E-state index contributed by atoms with van der Waals surface area (Å²) in [6.45, 7) is 6.37. The quantitative estimate of drug-likeness (QED) is 0.365. The van der Waals surface area contributed by atoms with Gasteiger partial charge in [-0.15, -0.1) is 0 Å². The lowest BCUT2D eigenvalue weighted by Gasteiger charge is -2.16. The van der Waals surface area contributed by atoms with Gasteiger partial charge in [0.2, 0.25) is 0 Å². The molecule has 0 bridgehead atoms. The van der Waals surface area contributed by atoms with Crippen LogP contribution in [0, 0.1) is 0 Å². The molecule has 3 nitrogen and oxygen atoms in total. The van der Waals surface area contributed by atoms with Crippen molar-refractivity contribution >= 4 is 11.9 Å². The van der Waals surface area contributed by atoms with Gasteiger partial charge in [-0.2, -0.15) is 0 Å². The minimum atomic E-state index is -0.272. The second kappa shape index (κ2) is 4.91. The monoisotopic (exact) mass is 168 g/mol. The molecule has 10 heavy (non-hydrogen) atoms. The van der Waals surface area contributed by atoms with Crippen molar-refractivity contribution in [3.05, 3.63) is 0 Å². The molecule has 0 saturated carbocycles. The van der Waals surface area contributed by atoms with E-state index >= 15 is 0 Å². The van der Waals surface area contributed by atoms with E-state index in [4.69, 9.17) is 21.6 Å². The molecule has 0 fully saturated rings. The molecule has 0 aromatic heterocycles. The van der Waals surface area contributed by atoms with E-state index in [1.165, 1.54) is 0 Å². The smallest absolute Gasteiger partial charge is 0.107 e. The maximum absolute atomic E-state index is 4.92. The number of hydrogen-bond donors (Lipinski definition) is 0. The van der Waals surface area contributed by atoms with Crippen LogP contribution >= 0.6 is 11.9 Å². The van der Waals surface area contributed by atoms with Gasteiger partial charge < -0.3 is 0 Å². The third-order valence-corrected chi connectivity index (χ3v) is 0.707. The summed E-state index contributed by atoms with van der Waals surface area (Å²) in [5.74, 6) is 0. The van der Waals surface area contributed by atoms with Gasteiger partial charge in [0.25, 0.3) is 0 Å². The Morgan fingerprint density at radius 1 is 1.20 bits per heavy atom. The summed E-state index contributed by atoms with van der Waals surface area (Å²) in [5.41, 5.74) is -0.272. The van der Waals surface area contributed by atoms with E-state index < -0.39 is 0 Å². The lowest BCUT2D eigenvalue weighted by molar-refractivity contribution is -0.349. The van der Waals surface area contributed by atoms with Crippen LogP contribution in [-0.2, 0) is 14.1 Å². The predicted octanol–water partition coefficient (Wildman–Crippen LogP) is 1.90. The zero-order valence-electron chi connectivity index (χ0n) is 6.52. The molecule has 0 spiro atoms. The standard InChI is InChI=1S/C6H13ClO3/c1-6(2,3)10-9-5-4-8-7/h4-5H2,1-3H3. The second-order valence-corrected chi connectivity index (χ2v) is 3.05. The zero-order chi connectivity index (χ0) is 8.04. The third kappa shape index (κ3) is 8.17. The number of rotatable bonds is 4. The van der Waals surface area contributed by atoms with Crippen LogP contribution in [0.4, 0.5) is 0 Å².